The largest absolute Gasteiger partial charge is 0.444 e. The van der Waals surface area contributed by atoms with E-state index in [-0.39, 0.29) is 0 Å². The van der Waals surface area contributed by atoms with Crippen LogP contribution in [0.3, 0.4) is 0 Å². The highest BCUT2D eigenvalue weighted by atomic mass is 16.4. The Bertz CT molecular complexity index is 289. The molecule has 0 saturated carbocycles. The Morgan fingerprint density at radius 3 is 2.80 bits per heavy atom. The predicted octanol–water partition coefficient (Wildman–Crippen LogP) is 1.49. The Labute approximate surface area is 90.7 Å². The Morgan fingerprint density at radius 1 is 1.53 bits per heavy atom. The number of aliphatic hydroxyl groups is 1. The molecular formula is C11H20N2O2. The Hall–Kier alpha value is -0.870. The summed E-state index contributed by atoms with van der Waals surface area (Å²) in [6, 6.07) is 0. The van der Waals surface area contributed by atoms with Gasteiger partial charge in [-0.05, 0) is 26.8 Å². The highest BCUT2D eigenvalue weighted by Crippen LogP contribution is 2.06. The maximum atomic E-state index is 9.48. The van der Waals surface area contributed by atoms with Gasteiger partial charge in [-0.3, -0.25) is 0 Å². The molecule has 0 atom stereocenters. The summed E-state index contributed by atoms with van der Waals surface area (Å²) in [5.74, 6) is 1.62. The molecule has 86 valence electrons. The molecule has 1 heterocycles. The summed E-state index contributed by atoms with van der Waals surface area (Å²) in [5.41, 5.74) is -0.613. The second-order valence-electron chi connectivity index (χ2n) is 4.31. The van der Waals surface area contributed by atoms with Crippen molar-refractivity contribution in [1.82, 2.24) is 10.3 Å². The highest BCUT2D eigenvalue weighted by molar-refractivity contribution is 4.93. The first kappa shape index (κ1) is 12.2. The van der Waals surface area contributed by atoms with Crippen LogP contribution in [-0.2, 0) is 13.0 Å². The average molecular weight is 212 g/mol. The summed E-state index contributed by atoms with van der Waals surface area (Å²) in [4.78, 5) is 4.13. The van der Waals surface area contributed by atoms with E-state index < -0.39 is 5.60 Å². The molecule has 1 rings (SSSR count). The predicted molar refractivity (Wildman–Crippen MR) is 58.5 cm³/mol. The van der Waals surface area contributed by atoms with E-state index in [9.17, 15) is 5.11 Å². The third-order valence-electron chi connectivity index (χ3n) is 2.14. The van der Waals surface area contributed by atoms with E-state index in [4.69, 9.17) is 4.42 Å². The fourth-order valence-corrected chi connectivity index (χ4v) is 1.18. The van der Waals surface area contributed by atoms with Gasteiger partial charge in [0.25, 0.3) is 0 Å². The van der Waals surface area contributed by atoms with Crippen LogP contribution in [0.25, 0.3) is 0 Å². The number of hydrogen-bond donors (Lipinski definition) is 2. The minimum absolute atomic E-state index is 0.613. The molecule has 0 amide bonds. The number of aromatic nitrogens is 1. The van der Waals surface area contributed by atoms with Crippen LogP contribution in [0.15, 0.2) is 10.6 Å². The van der Waals surface area contributed by atoms with Crippen molar-refractivity contribution >= 4 is 0 Å². The Balaban J connectivity index is 2.20. The smallest absolute Gasteiger partial charge is 0.208 e. The van der Waals surface area contributed by atoms with Crippen molar-refractivity contribution in [3.8, 4) is 0 Å². The average Bonchev–Trinajstić information content (AvgIpc) is 2.59. The van der Waals surface area contributed by atoms with Crippen molar-refractivity contribution in [3.63, 3.8) is 0 Å². The summed E-state index contributed by atoms with van der Waals surface area (Å²) >= 11 is 0. The van der Waals surface area contributed by atoms with E-state index in [1.165, 1.54) is 0 Å². The normalized spacial score (nSPS) is 12.0. The fraction of sp³-hybridized carbons (Fsp3) is 0.727. The summed E-state index contributed by atoms with van der Waals surface area (Å²) in [6.07, 6.45) is 3.35. The molecule has 2 N–H and O–H groups in total. The summed E-state index contributed by atoms with van der Waals surface area (Å²) < 4.78 is 5.43. The molecule has 4 heteroatoms. The lowest BCUT2D eigenvalue weighted by Gasteiger charge is -2.16. The van der Waals surface area contributed by atoms with Crippen LogP contribution in [0.2, 0.25) is 0 Å². The van der Waals surface area contributed by atoms with Crippen LogP contribution in [0, 0.1) is 0 Å². The van der Waals surface area contributed by atoms with Gasteiger partial charge in [-0.15, -0.1) is 0 Å². The summed E-state index contributed by atoms with van der Waals surface area (Å²) in [7, 11) is 0. The lowest BCUT2D eigenvalue weighted by Crippen LogP contribution is -2.26. The molecule has 0 aromatic carbocycles. The van der Waals surface area contributed by atoms with E-state index in [0.29, 0.717) is 18.9 Å². The fourth-order valence-electron chi connectivity index (χ4n) is 1.18. The van der Waals surface area contributed by atoms with Gasteiger partial charge < -0.3 is 14.8 Å². The molecule has 0 bridgehead atoms. The van der Waals surface area contributed by atoms with Crippen LogP contribution in [0.1, 0.15) is 38.8 Å². The molecule has 4 nitrogen and oxygen atoms in total. The second kappa shape index (κ2) is 5.28. The number of hydrogen-bond acceptors (Lipinski definition) is 4. The Morgan fingerprint density at radius 2 is 2.27 bits per heavy atom. The van der Waals surface area contributed by atoms with Crippen LogP contribution in [-0.4, -0.2) is 22.2 Å². The molecule has 1 aromatic heterocycles. The zero-order chi connectivity index (χ0) is 11.3. The molecule has 0 aliphatic carbocycles. The molecule has 1 aromatic rings. The van der Waals surface area contributed by atoms with E-state index in [0.717, 1.165) is 18.7 Å². The minimum Gasteiger partial charge on any atom is -0.444 e. The standard InChI is InChI=1S/C11H20N2O2/c1-4-9-7-13-10(15-9)8-12-6-5-11(2,3)14/h7,12,14H,4-6,8H2,1-3H3. The number of oxazole rings is 1. The third kappa shape index (κ3) is 4.95. The maximum Gasteiger partial charge on any atom is 0.208 e. The molecule has 0 saturated heterocycles. The van der Waals surface area contributed by atoms with Crippen molar-refractivity contribution in [2.45, 2.75) is 45.8 Å². The number of aryl methyl sites for hydroxylation is 1. The molecule has 0 radical (unpaired) electrons. The van der Waals surface area contributed by atoms with Gasteiger partial charge in [-0.25, -0.2) is 4.98 Å². The van der Waals surface area contributed by atoms with E-state index in [2.05, 4.69) is 10.3 Å². The van der Waals surface area contributed by atoms with Crippen LogP contribution in [0.5, 0.6) is 0 Å². The van der Waals surface area contributed by atoms with E-state index >= 15 is 0 Å². The zero-order valence-corrected chi connectivity index (χ0v) is 9.71. The first-order valence-corrected chi connectivity index (χ1v) is 5.38. The van der Waals surface area contributed by atoms with Gasteiger partial charge in [0.2, 0.25) is 5.89 Å². The topological polar surface area (TPSA) is 58.3 Å². The maximum absolute atomic E-state index is 9.48. The van der Waals surface area contributed by atoms with Gasteiger partial charge in [-0.1, -0.05) is 6.92 Å². The van der Waals surface area contributed by atoms with Gasteiger partial charge in [0.05, 0.1) is 18.3 Å². The van der Waals surface area contributed by atoms with Gasteiger partial charge in [0, 0.05) is 6.42 Å². The first-order chi connectivity index (χ1) is 7.01. The number of nitrogens with zero attached hydrogens (tertiary/aromatic N) is 1. The molecule has 0 unspecified atom stereocenters. The van der Waals surface area contributed by atoms with E-state index in [1.807, 2.05) is 6.92 Å². The van der Waals surface area contributed by atoms with Crippen molar-refractivity contribution < 1.29 is 9.52 Å². The Kier molecular flexibility index (Phi) is 4.29. The van der Waals surface area contributed by atoms with Crippen LogP contribution >= 0.6 is 0 Å². The van der Waals surface area contributed by atoms with E-state index in [1.54, 1.807) is 20.0 Å². The van der Waals surface area contributed by atoms with Crippen LogP contribution < -0.4 is 5.32 Å². The van der Waals surface area contributed by atoms with Crippen molar-refractivity contribution in [2.75, 3.05) is 6.54 Å². The summed E-state index contributed by atoms with van der Waals surface area (Å²) in [5, 5.41) is 12.7. The lowest BCUT2D eigenvalue weighted by atomic mass is 10.1. The number of nitrogens with one attached hydrogen (secondary N) is 1. The SMILES string of the molecule is CCc1cnc(CNCCC(C)(C)O)o1. The van der Waals surface area contributed by atoms with Crippen LogP contribution in [0.4, 0.5) is 0 Å². The molecule has 0 aliphatic heterocycles. The molecule has 0 spiro atoms. The minimum atomic E-state index is -0.613. The first-order valence-electron chi connectivity index (χ1n) is 5.38. The summed E-state index contributed by atoms with van der Waals surface area (Å²) in [6.45, 7) is 7.01. The van der Waals surface area contributed by atoms with Gasteiger partial charge >= 0.3 is 0 Å². The molecular weight excluding hydrogens is 192 g/mol. The monoisotopic (exact) mass is 212 g/mol. The third-order valence-corrected chi connectivity index (χ3v) is 2.14. The van der Waals surface area contributed by atoms with Crippen molar-refractivity contribution in [1.29, 1.82) is 0 Å². The lowest BCUT2D eigenvalue weighted by molar-refractivity contribution is 0.0709. The molecule has 0 fully saturated rings. The highest BCUT2D eigenvalue weighted by Gasteiger charge is 2.11. The van der Waals surface area contributed by atoms with Crippen molar-refractivity contribution in [2.24, 2.45) is 0 Å². The number of rotatable bonds is 6. The molecule has 15 heavy (non-hydrogen) atoms. The van der Waals surface area contributed by atoms with Gasteiger partial charge in [0.1, 0.15) is 5.76 Å². The van der Waals surface area contributed by atoms with Gasteiger partial charge in [-0.2, -0.15) is 0 Å². The zero-order valence-electron chi connectivity index (χ0n) is 9.71. The van der Waals surface area contributed by atoms with Gasteiger partial charge in [0.15, 0.2) is 0 Å². The quantitative estimate of drug-likeness (QED) is 0.701. The second-order valence-corrected chi connectivity index (χ2v) is 4.31. The van der Waals surface area contributed by atoms with Crippen molar-refractivity contribution in [3.05, 3.63) is 17.8 Å². The molecule has 0 aliphatic rings.